The number of nitrogens with two attached hydrogens (primary N) is 1. The molecule has 1 aromatic carbocycles. The highest BCUT2D eigenvalue weighted by Gasteiger charge is 2.15. The molecule has 0 aliphatic carbocycles. The average Bonchev–Trinajstić information content (AvgIpc) is 2.68. The Bertz CT molecular complexity index is 524. The summed E-state index contributed by atoms with van der Waals surface area (Å²) in [6.07, 6.45) is 4.06. The number of halogens is 2. The Labute approximate surface area is 108 Å². The first kappa shape index (κ1) is 12.3. The van der Waals surface area contributed by atoms with E-state index in [0.717, 1.165) is 5.82 Å². The molecule has 1 unspecified atom stereocenters. The van der Waals surface area contributed by atoms with E-state index in [4.69, 9.17) is 5.73 Å². The van der Waals surface area contributed by atoms with E-state index >= 15 is 0 Å². The molecule has 0 aliphatic heterocycles. The van der Waals surface area contributed by atoms with Gasteiger partial charge in [0.2, 0.25) is 0 Å². The Morgan fingerprint density at radius 2 is 2.29 bits per heavy atom. The Kier molecular flexibility index (Phi) is 3.59. The number of hydrogen-bond donors (Lipinski definition) is 1. The summed E-state index contributed by atoms with van der Waals surface area (Å²) in [5.41, 5.74) is 6.51. The number of imidazole rings is 1. The van der Waals surface area contributed by atoms with Gasteiger partial charge in [0.1, 0.15) is 11.6 Å². The van der Waals surface area contributed by atoms with Crippen LogP contribution < -0.4 is 5.73 Å². The summed E-state index contributed by atoms with van der Waals surface area (Å²) in [4.78, 5) is 4.18. The molecule has 0 amide bonds. The number of hydrogen-bond acceptors (Lipinski definition) is 2. The monoisotopic (exact) mass is 297 g/mol. The number of benzene rings is 1. The van der Waals surface area contributed by atoms with Gasteiger partial charge < -0.3 is 10.3 Å². The zero-order valence-corrected chi connectivity index (χ0v) is 11.0. The highest BCUT2D eigenvalue weighted by molar-refractivity contribution is 9.10. The normalized spacial score (nSPS) is 12.7. The SMILES string of the molecule is Cn1ccnc1CC(N)c1cccc(Br)c1F. The van der Waals surface area contributed by atoms with Crippen LogP contribution in [-0.4, -0.2) is 9.55 Å². The predicted molar refractivity (Wildman–Crippen MR) is 67.9 cm³/mol. The van der Waals surface area contributed by atoms with Crippen LogP contribution in [0.4, 0.5) is 4.39 Å². The van der Waals surface area contributed by atoms with Crippen molar-refractivity contribution in [2.75, 3.05) is 0 Å². The van der Waals surface area contributed by atoms with Crippen molar-refractivity contribution in [1.82, 2.24) is 9.55 Å². The molecular formula is C12H13BrFN3. The minimum Gasteiger partial charge on any atom is -0.338 e. The lowest BCUT2D eigenvalue weighted by Crippen LogP contribution is -2.17. The Morgan fingerprint density at radius 3 is 2.94 bits per heavy atom. The smallest absolute Gasteiger partial charge is 0.142 e. The molecule has 1 atom stereocenters. The zero-order chi connectivity index (χ0) is 12.4. The van der Waals surface area contributed by atoms with Crippen LogP contribution in [0.3, 0.4) is 0 Å². The van der Waals surface area contributed by atoms with Gasteiger partial charge in [-0.05, 0) is 22.0 Å². The molecular weight excluding hydrogens is 285 g/mol. The molecule has 5 heteroatoms. The van der Waals surface area contributed by atoms with E-state index in [2.05, 4.69) is 20.9 Å². The fraction of sp³-hybridized carbons (Fsp3) is 0.250. The van der Waals surface area contributed by atoms with Gasteiger partial charge in [0.15, 0.2) is 0 Å². The Balaban J connectivity index is 2.23. The van der Waals surface area contributed by atoms with Crippen molar-refractivity contribution in [2.24, 2.45) is 12.8 Å². The number of aryl methyl sites for hydroxylation is 1. The van der Waals surface area contributed by atoms with Crippen LogP contribution in [-0.2, 0) is 13.5 Å². The van der Waals surface area contributed by atoms with Gasteiger partial charge in [-0.1, -0.05) is 12.1 Å². The van der Waals surface area contributed by atoms with E-state index in [1.165, 1.54) is 0 Å². The first-order valence-electron chi connectivity index (χ1n) is 5.25. The van der Waals surface area contributed by atoms with E-state index in [1.807, 2.05) is 17.8 Å². The van der Waals surface area contributed by atoms with Gasteiger partial charge >= 0.3 is 0 Å². The van der Waals surface area contributed by atoms with E-state index in [1.54, 1.807) is 24.4 Å². The lowest BCUT2D eigenvalue weighted by molar-refractivity contribution is 0.565. The van der Waals surface area contributed by atoms with Crippen molar-refractivity contribution < 1.29 is 4.39 Å². The van der Waals surface area contributed by atoms with Crippen LogP contribution in [0.15, 0.2) is 35.1 Å². The topological polar surface area (TPSA) is 43.8 Å². The molecule has 2 N–H and O–H groups in total. The number of rotatable bonds is 3. The minimum atomic E-state index is -0.395. The molecule has 0 fully saturated rings. The van der Waals surface area contributed by atoms with Crippen LogP contribution in [0.5, 0.6) is 0 Å². The maximum atomic E-state index is 13.8. The largest absolute Gasteiger partial charge is 0.338 e. The predicted octanol–water partition coefficient (Wildman–Crippen LogP) is 2.56. The Hall–Kier alpha value is -1.20. The second-order valence-electron chi connectivity index (χ2n) is 3.91. The van der Waals surface area contributed by atoms with Crippen molar-refractivity contribution in [1.29, 1.82) is 0 Å². The summed E-state index contributed by atoms with van der Waals surface area (Å²) in [5, 5.41) is 0. The maximum absolute atomic E-state index is 13.8. The molecule has 17 heavy (non-hydrogen) atoms. The summed E-state index contributed by atoms with van der Waals surface area (Å²) in [6.45, 7) is 0. The third-order valence-corrected chi connectivity index (χ3v) is 3.32. The molecule has 0 aliphatic rings. The van der Waals surface area contributed by atoms with Crippen molar-refractivity contribution in [3.05, 3.63) is 52.3 Å². The van der Waals surface area contributed by atoms with Crippen LogP contribution in [0, 0.1) is 5.82 Å². The fourth-order valence-electron chi connectivity index (χ4n) is 1.71. The summed E-state index contributed by atoms with van der Waals surface area (Å²) >= 11 is 3.16. The molecule has 2 rings (SSSR count). The lowest BCUT2D eigenvalue weighted by atomic mass is 10.0. The highest BCUT2D eigenvalue weighted by atomic mass is 79.9. The summed E-state index contributed by atoms with van der Waals surface area (Å²) < 4.78 is 16.1. The van der Waals surface area contributed by atoms with Gasteiger partial charge in [-0.15, -0.1) is 0 Å². The van der Waals surface area contributed by atoms with Gasteiger partial charge in [0.25, 0.3) is 0 Å². The first-order valence-corrected chi connectivity index (χ1v) is 6.04. The van der Waals surface area contributed by atoms with E-state index in [-0.39, 0.29) is 5.82 Å². The maximum Gasteiger partial charge on any atom is 0.142 e. The summed E-state index contributed by atoms with van der Waals surface area (Å²) in [7, 11) is 1.90. The van der Waals surface area contributed by atoms with Crippen LogP contribution in [0.25, 0.3) is 0 Å². The van der Waals surface area contributed by atoms with Crippen LogP contribution in [0.1, 0.15) is 17.4 Å². The third-order valence-electron chi connectivity index (χ3n) is 2.70. The van der Waals surface area contributed by atoms with E-state index in [0.29, 0.717) is 16.5 Å². The number of aromatic nitrogens is 2. The van der Waals surface area contributed by atoms with Gasteiger partial charge in [-0.25, -0.2) is 9.37 Å². The standard InChI is InChI=1S/C12H13BrFN3/c1-17-6-5-16-11(17)7-10(15)8-3-2-4-9(13)12(8)14/h2-6,10H,7,15H2,1H3. The van der Waals surface area contributed by atoms with E-state index in [9.17, 15) is 4.39 Å². The van der Waals surface area contributed by atoms with Gasteiger partial charge in [-0.2, -0.15) is 0 Å². The minimum absolute atomic E-state index is 0.297. The van der Waals surface area contributed by atoms with Gasteiger partial charge in [0, 0.05) is 37.5 Å². The van der Waals surface area contributed by atoms with Crippen molar-refractivity contribution in [2.45, 2.75) is 12.5 Å². The Morgan fingerprint density at radius 1 is 1.53 bits per heavy atom. The van der Waals surface area contributed by atoms with Gasteiger partial charge in [-0.3, -0.25) is 0 Å². The van der Waals surface area contributed by atoms with Crippen LogP contribution in [0.2, 0.25) is 0 Å². The second-order valence-corrected chi connectivity index (χ2v) is 4.76. The zero-order valence-electron chi connectivity index (χ0n) is 9.40. The molecule has 2 aromatic rings. The number of nitrogens with zero attached hydrogens (tertiary/aromatic N) is 2. The van der Waals surface area contributed by atoms with E-state index < -0.39 is 6.04 Å². The molecule has 90 valence electrons. The molecule has 0 radical (unpaired) electrons. The average molecular weight is 298 g/mol. The summed E-state index contributed by atoms with van der Waals surface area (Å²) in [5.74, 6) is 0.547. The molecule has 0 spiro atoms. The fourth-order valence-corrected chi connectivity index (χ4v) is 2.09. The lowest BCUT2D eigenvalue weighted by Gasteiger charge is -2.13. The quantitative estimate of drug-likeness (QED) is 0.946. The third kappa shape index (κ3) is 2.56. The van der Waals surface area contributed by atoms with Crippen molar-refractivity contribution in [3.63, 3.8) is 0 Å². The van der Waals surface area contributed by atoms with Crippen LogP contribution >= 0.6 is 15.9 Å². The molecule has 3 nitrogen and oxygen atoms in total. The first-order chi connectivity index (χ1) is 8.09. The van der Waals surface area contributed by atoms with Crippen molar-refractivity contribution in [3.8, 4) is 0 Å². The molecule has 0 bridgehead atoms. The van der Waals surface area contributed by atoms with Crippen molar-refractivity contribution >= 4 is 15.9 Å². The molecule has 0 saturated carbocycles. The van der Waals surface area contributed by atoms with Gasteiger partial charge in [0.05, 0.1) is 4.47 Å². The summed E-state index contributed by atoms with van der Waals surface area (Å²) in [6, 6.07) is 4.74. The second kappa shape index (κ2) is 4.98. The molecule has 0 saturated heterocycles. The highest BCUT2D eigenvalue weighted by Crippen LogP contribution is 2.24. The molecule has 1 heterocycles. The molecule has 1 aromatic heterocycles.